The molecule has 0 aliphatic carbocycles. The molecular formula is C11H11N3O2. The third-order valence-electron chi connectivity index (χ3n) is 2.21. The molecule has 0 fully saturated rings. The van der Waals surface area contributed by atoms with Gasteiger partial charge in [0.15, 0.2) is 0 Å². The molecule has 0 saturated carbocycles. The van der Waals surface area contributed by atoms with Gasteiger partial charge in [-0.3, -0.25) is 5.10 Å². The highest BCUT2D eigenvalue weighted by atomic mass is 16.4. The standard InChI is InChI=1S/C11H11N3O2/c1-8-2-4-9(5-3-8)14(11(15)16)10-6-7-12-13-10/h2-7H,1H3,(H,12,13)(H,15,16). The molecule has 0 atom stereocenters. The summed E-state index contributed by atoms with van der Waals surface area (Å²) in [6.07, 6.45) is 0.465. The van der Waals surface area contributed by atoms with E-state index < -0.39 is 6.09 Å². The van der Waals surface area contributed by atoms with Gasteiger partial charge in [-0.15, -0.1) is 0 Å². The summed E-state index contributed by atoms with van der Waals surface area (Å²) in [6.45, 7) is 1.95. The predicted molar refractivity (Wildman–Crippen MR) is 59.9 cm³/mol. The third-order valence-corrected chi connectivity index (χ3v) is 2.21. The van der Waals surface area contributed by atoms with E-state index in [9.17, 15) is 4.79 Å². The summed E-state index contributed by atoms with van der Waals surface area (Å²) in [5, 5.41) is 15.5. The van der Waals surface area contributed by atoms with E-state index in [1.54, 1.807) is 18.2 Å². The zero-order valence-corrected chi connectivity index (χ0v) is 8.71. The molecule has 2 N–H and O–H groups in total. The van der Waals surface area contributed by atoms with Gasteiger partial charge in [0.05, 0.1) is 11.9 Å². The summed E-state index contributed by atoms with van der Waals surface area (Å²) in [5.74, 6) is 0.427. The number of aryl methyl sites for hydroxylation is 1. The first-order chi connectivity index (χ1) is 7.68. The number of carboxylic acid groups (broad SMARTS) is 1. The van der Waals surface area contributed by atoms with Crippen molar-refractivity contribution in [3.63, 3.8) is 0 Å². The lowest BCUT2D eigenvalue weighted by Gasteiger charge is -2.16. The lowest BCUT2D eigenvalue weighted by atomic mass is 10.2. The maximum absolute atomic E-state index is 11.2. The number of benzene rings is 1. The number of nitrogens with zero attached hydrogens (tertiary/aromatic N) is 2. The van der Waals surface area contributed by atoms with Crippen LogP contribution in [0.4, 0.5) is 16.3 Å². The molecule has 1 heterocycles. The number of anilines is 2. The van der Waals surface area contributed by atoms with Gasteiger partial charge in [0.25, 0.3) is 0 Å². The summed E-state index contributed by atoms with van der Waals surface area (Å²) >= 11 is 0. The molecule has 0 bridgehead atoms. The van der Waals surface area contributed by atoms with Crippen LogP contribution < -0.4 is 4.90 Å². The van der Waals surface area contributed by atoms with Crippen LogP contribution >= 0.6 is 0 Å². The van der Waals surface area contributed by atoms with Gasteiger partial charge >= 0.3 is 6.09 Å². The smallest absolute Gasteiger partial charge is 0.417 e. The number of H-pyrrole nitrogens is 1. The van der Waals surface area contributed by atoms with Crippen molar-refractivity contribution in [1.29, 1.82) is 0 Å². The van der Waals surface area contributed by atoms with E-state index in [1.807, 2.05) is 19.1 Å². The van der Waals surface area contributed by atoms with E-state index in [-0.39, 0.29) is 0 Å². The van der Waals surface area contributed by atoms with Gasteiger partial charge < -0.3 is 5.11 Å². The molecule has 2 rings (SSSR count). The number of carbonyl (C=O) groups is 1. The van der Waals surface area contributed by atoms with Gasteiger partial charge in [-0.25, -0.2) is 9.69 Å². The number of aromatic nitrogens is 2. The Morgan fingerprint density at radius 2 is 2.00 bits per heavy atom. The molecule has 0 radical (unpaired) electrons. The Labute approximate surface area is 92.3 Å². The van der Waals surface area contributed by atoms with E-state index in [1.165, 1.54) is 6.20 Å². The molecule has 0 aliphatic heterocycles. The van der Waals surface area contributed by atoms with E-state index in [2.05, 4.69) is 10.2 Å². The predicted octanol–water partition coefficient (Wildman–Crippen LogP) is 2.53. The molecule has 0 aliphatic rings. The molecule has 16 heavy (non-hydrogen) atoms. The Hall–Kier alpha value is -2.30. The Bertz CT molecular complexity index is 476. The maximum Gasteiger partial charge on any atom is 0.417 e. The Morgan fingerprint density at radius 3 is 2.50 bits per heavy atom. The summed E-state index contributed by atoms with van der Waals surface area (Å²) in [7, 11) is 0. The molecule has 5 nitrogen and oxygen atoms in total. The molecule has 1 amide bonds. The second-order valence-electron chi connectivity index (χ2n) is 3.40. The Morgan fingerprint density at radius 1 is 1.31 bits per heavy atom. The normalized spacial score (nSPS) is 10.1. The van der Waals surface area contributed by atoms with Crippen LogP contribution in [-0.2, 0) is 0 Å². The average Bonchev–Trinajstić information content (AvgIpc) is 2.74. The topological polar surface area (TPSA) is 69.2 Å². The van der Waals surface area contributed by atoms with Gasteiger partial charge in [-0.1, -0.05) is 17.7 Å². The summed E-state index contributed by atoms with van der Waals surface area (Å²) in [5.41, 5.74) is 1.67. The van der Waals surface area contributed by atoms with E-state index in [0.717, 1.165) is 10.5 Å². The minimum absolute atomic E-state index is 0.427. The first-order valence-corrected chi connectivity index (χ1v) is 4.77. The van der Waals surface area contributed by atoms with E-state index >= 15 is 0 Å². The fourth-order valence-corrected chi connectivity index (χ4v) is 1.42. The maximum atomic E-state index is 11.2. The SMILES string of the molecule is Cc1ccc(N(C(=O)O)c2ccn[nH]2)cc1. The van der Waals surface area contributed by atoms with Crippen LogP contribution in [0, 0.1) is 6.92 Å². The van der Waals surface area contributed by atoms with Crippen LogP contribution in [-0.4, -0.2) is 21.4 Å². The van der Waals surface area contributed by atoms with Gasteiger partial charge in [0.1, 0.15) is 5.82 Å². The van der Waals surface area contributed by atoms with Crippen molar-refractivity contribution in [1.82, 2.24) is 10.2 Å². The quantitative estimate of drug-likeness (QED) is 0.812. The molecule has 1 aromatic heterocycles. The van der Waals surface area contributed by atoms with Crippen molar-refractivity contribution >= 4 is 17.6 Å². The first kappa shape index (κ1) is 10.2. The van der Waals surface area contributed by atoms with E-state index in [4.69, 9.17) is 5.11 Å². The van der Waals surface area contributed by atoms with Crippen molar-refractivity contribution in [2.45, 2.75) is 6.92 Å². The number of rotatable bonds is 2. The molecular weight excluding hydrogens is 206 g/mol. The number of hydrogen-bond acceptors (Lipinski definition) is 2. The molecule has 2 aromatic rings. The summed E-state index contributed by atoms with van der Waals surface area (Å²) in [4.78, 5) is 12.3. The minimum atomic E-state index is -1.05. The van der Waals surface area contributed by atoms with Crippen molar-refractivity contribution in [2.75, 3.05) is 4.90 Å². The highest BCUT2D eigenvalue weighted by molar-refractivity contribution is 5.93. The lowest BCUT2D eigenvalue weighted by Crippen LogP contribution is -2.23. The Balaban J connectivity index is 2.41. The van der Waals surface area contributed by atoms with Crippen LogP contribution in [0.25, 0.3) is 0 Å². The van der Waals surface area contributed by atoms with Crippen molar-refractivity contribution in [2.24, 2.45) is 0 Å². The minimum Gasteiger partial charge on any atom is -0.464 e. The van der Waals surface area contributed by atoms with Crippen molar-refractivity contribution < 1.29 is 9.90 Å². The highest BCUT2D eigenvalue weighted by Crippen LogP contribution is 2.23. The lowest BCUT2D eigenvalue weighted by molar-refractivity contribution is 0.204. The number of aromatic amines is 1. The molecule has 0 spiro atoms. The number of hydrogen-bond donors (Lipinski definition) is 2. The molecule has 82 valence electrons. The Kier molecular flexibility index (Phi) is 2.59. The fraction of sp³-hybridized carbons (Fsp3) is 0.0909. The second-order valence-corrected chi connectivity index (χ2v) is 3.40. The summed E-state index contributed by atoms with van der Waals surface area (Å²) in [6, 6.07) is 8.84. The molecule has 0 saturated heterocycles. The van der Waals surface area contributed by atoms with Crippen LogP contribution in [0.1, 0.15) is 5.56 Å². The van der Waals surface area contributed by atoms with E-state index in [0.29, 0.717) is 11.5 Å². The van der Waals surface area contributed by atoms with Gasteiger partial charge in [0.2, 0.25) is 0 Å². The largest absolute Gasteiger partial charge is 0.464 e. The fourth-order valence-electron chi connectivity index (χ4n) is 1.42. The first-order valence-electron chi connectivity index (χ1n) is 4.77. The molecule has 0 unspecified atom stereocenters. The third kappa shape index (κ3) is 1.88. The zero-order chi connectivity index (χ0) is 11.5. The zero-order valence-electron chi connectivity index (χ0n) is 8.71. The average molecular weight is 217 g/mol. The van der Waals surface area contributed by atoms with Crippen molar-refractivity contribution in [3.8, 4) is 0 Å². The van der Waals surface area contributed by atoms with Crippen LogP contribution in [0.3, 0.4) is 0 Å². The highest BCUT2D eigenvalue weighted by Gasteiger charge is 2.17. The molecule has 5 heteroatoms. The number of amides is 1. The van der Waals surface area contributed by atoms with Crippen LogP contribution in [0.2, 0.25) is 0 Å². The van der Waals surface area contributed by atoms with Gasteiger partial charge in [0, 0.05) is 6.07 Å². The number of nitrogens with one attached hydrogen (secondary N) is 1. The van der Waals surface area contributed by atoms with Crippen molar-refractivity contribution in [3.05, 3.63) is 42.1 Å². The summed E-state index contributed by atoms with van der Waals surface area (Å²) < 4.78 is 0. The second kappa shape index (κ2) is 4.06. The van der Waals surface area contributed by atoms with Gasteiger partial charge in [-0.05, 0) is 19.1 Å². The van der Waals surface area contributed by atoms with Crippen LogP contribution in [0.5, 0.6) is 0 Å². The molecule has 1 aromatic carbocycles. The van der Waals surface area contributed by atoms with Crippen LogP contribution in [0.15, 0.2) is 36.5 Å². The monoisotopic (exact) mass is 217 g/mol. The van der Waals surface area contributed by atoms with Gasteiger partial charge in [-0.2, -0.15) is 5.10 Å².